The van der Waals surface area contributed by atoms with Crippen LogP contribution in [0.1, 0.15) is 45.6 Å². The van der Waals surface area contributed by atoms with E-state index in [0.29, 0.717) is 15.6 Å². The first-order valence-corrected chi connectivity index (χ1v) is 8.39. The van der Waals surface area contributed by atoms with Crippen LogP contribution in [0.5, 0.6) is 0 Å². The van der Waals surface area contributed by atoms with Gasteiger partial charge in [0.15, 0.2) is 0 Å². The summed E-state index contributed by atoms with van der Waals surface area (Å²) in [6.45, 7) is 7.57. The summed E-state index contributed by atoms with van der Waals surface area (Å²) in [5.41, 5.74) is 0.303. The third kappa shape index (κ3) is 6.67. The maximum Gasteiger partial charge on any atom is 0.326 e. The second kappa shape index (κ2) is 8.70. The Labute approximate surface area is 152 Å². The van der Waals surface area contributed by atoms with Gasteiger partial charge in [0.05, 0.1) is 21.6 Å². The van der Waals surface area contributed by atoms with Crippen LogP contribution in [0.3, 0.4) is 0 Å². The molecule has 1 rings (SSSR count). The van der Waals surface area contributed by atoms with Crippen LogP contribution in [-0.2, 0) is 14.3 Å². The van der Waals surface area contributed by atoms with Crippen molar-refractivity contribution in [3.8, 4) is 0 Å². The number of carboxylic acid groups (broad SMARTS) is 1. The lowest BCUT2D eigenvalue weighted by Gasteiger charge is -2.22. The number of amides is 1. The van der Waals surface area contributed by atoms with Gasteiger partial charge in [0.25, 0.3) is 0 Å². The average Bonchev–Trinajstić information content (AvgIpc) is 2.46. The second-order valence-electron chi connectivity index (χ2n) is 6.54. The molecule has 2 unspecified atom stereocenters. The largest absolute Gasteiger partial charge is 0.480 e. The Kier molecular flexibility index (Phi) is 7.52. The molecule has 0 aliphatic rings. The van der Waals surface area contributed by atoms with Gasteiger partial charge < -0.3 is 15.2 Å². The van der Waals surface area contributed by atoms with Crippen LogP contribution in [0.15, 0.2) is 18.2 Å². The molecule has 2 N–H and O–H groups in total. The van der Waals surface area contributed by atoms with E-state index in [2.05, 4.69) is 5.32 Å². The number of carbonyl (C=O) groups is 2. The van der Waals surface area contributed by atoms with E-state index in [0.717, 1.165) is 0 Å². The Hall–Kier alpha value is -1.30. The van der Waals surface area contributed by atoms with Gasteiger partial charge in [0, 0.05) is 13.0 Å². The lowest BCUT2D eigenvalue weighted by Crippen LogP contribution is -2.43. The SMILES string of the molecule is CC(C(=O)NC(CCOC(C)(C)C)C(=O)O)c1ccc(Cl)c(Cl)c1. The predicted molar refractivity (Wildman–Crippen MR) is 94.8 cm³/mol. The van der Waals surface area contributed by atoms with Gasteiger partial charge in [-0.25, -0.2) is 4.79 Å². The molecular formula is C17H23Cl2NO4. The molecule has 0 saturated carbocycles. The monoisotopic (exact) mass is 375 g/mol. The first kappa shape index (κ1) is 20.7. The molecule has 0 heterocycles. The van der Waals surface area contributed by atoms with E-state index in [4.69, 9.17) is 27.9 Å². The fraction of sp³-hybridized carbons (Fsp3) is 0.529. The summed E-state index contributed by atoms with van der Waals surface area (Å²) in [6, 6.07) is 3.89. The van der Waals surface area contributed by atoms with E-state index in [-0.39, 0.29) is 18.6 Å². The molecule has 0 fully saturated rings. The lowest BCUT2D eigenvalue weighted by molar-refractivity contribution is -0.143. The van der Waals surface area contributed by atoms with Crippen LogP contribution in [-0.4, -0.2) is 35.2 Å². The molecule has 24 heavy (non-hydrogen) atoms. The molecule has 0 aliphatic carbocycles. The smallest absolute Gasteiger partial charge is 0.326 e. The fourth-order valence-electron chi connectivity index (χ4n) is 1.97. The van der Waals surface area contributed by atoms with Crippen LogP contribution in [0, 0.1) is 0 Å². The van der Waals surface area contributed by atoms with Crippen molar-refractivity contribution in [2.24, 2.45) is 0 Å². The summed E-state index contributed by atoms with van der Waals surface area (Å²) in [7, 11) is 0. The van der Waals surface area contributed by atoms with Gasteiger partial charge in [0.2, 0.25) is 5.91 Å². The van der Waals surface area contributed by atoms with Crippen molar-refractivity contribution < 1.29 is 19.4 Å². The Bertz CT molecular complexity index is 599. The van der Waals surface area contributed by atoms with E-state index < -0.39 is 23.8 Å². The summed E-state index contributed by atoms with van der Waals surface area (Å²) in [5, 5.41) is 12.6. The molecule has 0 spiro atoms. The molecular weight excluding hydrogens is 353 g/mol. The van der Waals surface area contributed by atoms with Crippen molar-refractivity contribution >= 4 is 35.1 Å². The normalized spacial score (nSPS) is 14.1. The molecule has 0 saturated heterocycles. The highest BCUT2D eigenvalue weighted by molar-refractivity contribution is 6.42. The van der Waals surface area contributed by atoms with Gasteiger partial charge in [0.1, 0.15) is 6.04 Å². The Morgan fingerprint density at radius 2 is 1.88 bits per heavy atom. The molecule has 5 nitrogen and oxygen atoms in total. The van der Waals surface area contributed by atoms with Gasteiger partial charge in [-0.05, 0) is 45.4 Å². The minimum absolute atomic E-state index is 0.187. The number of rotatable bonds is 7. The van der Waals surface area contributed by atoms with Crippen LogP contribution in [0.2, 0.25) is 10.0 Å². The van der Waals surface area contributed by atoms with Gasteiger partial charge in [-0.1, -0.05) is 29.3 Å². The number of aliphatic carboxylic acids is 1. The highest BCUT2D eigenvalue weighted by atomic mass is 35.5. The molecule has 1 aromatic carbocycles. The number of hydrogen-bond acceptors (Lipinski definition) is 3. The minimum atomic E-state index is -1.10. The predicted octanol–water partition coefficient (Wildman–Crippen LogP) is 3.87. The molecule has 1 aromatic rings. The van der Waals surface area contributed by atoms with Gasteiger partial charge in [-0.2, -0.15) is 0 Å². The van der Waals surface area contributed by atoms with Crippen molar-refractivity contribution in [2.45, 2.75) is 51.7 Å². The average molecular weight is 376 g/mol. The second-order valence-corrected chi connectivity index (χ2v) is 7.36. The molecule has 0 aromatic heterocycles. The zero-order valence-electron chi connectivity index (χ0n) is 14.2. The first-order valence-electron chi connectivity index (χ1n) is 7.63. The number of hydrogen-bond donors (Lipinski definition) is 2. The third-order valence-corrected chi connectivity index (χ3v) is 4.13. The zero-order chi connectivity index (χ0) is 18.5. The standard InChI is InChI=1S/C17H23Cl2NO4/c1-10(11-5-6-12(18)13(19)9-11)15(21)20-14(16(22)23)7-8-24-17(2,3)4/h5-6,9-10,14H,7-8H2,1-4H3,(H,20,21)(H,22,23). The van der Waals surface area contributed by atoms with Crippen molar-refractivity contribution in [2.75, 3.05) is 6.61 Å². The first-order chi connectivity index (χ1) is 11.0. The Morgan fingerprint density at radius 3 is 2.38 bits per heavy atom. The number of halogens is 2. The summed E-state index contributed by atoms with van der Waals surface area (Å²) in [4.78, 5) is 23.7. The van der Waals surface area contributed by atoms with Crippen LogP contribution in [0.4, 0.5) is 0 Å². The van der Waals surface area contributed by atoms with Crippen LogP contribution >= 0.6 is 23.2 Å². The topological polar surface area (TPSA) is 75.6 Å². The zero-order valence-corrected chi connectivity index (χ0v) is 15.7. The maximum atomic E-state index is 12.3. The summed E-state index contributed by atoms with van der Waals surface area (Å²) in [6.07, 6.45) is 0.187. The van der Waals surface area contributed by atoms with Gasteiger partial charge in [-0.15, -0.1) is 0 Å². The maximum absolute atomic E-state index is 12.3. The van der Waals surface area contributed by atoms with Gasteiger partial charge >= 0.3 is 5.97 Å². The fourth-order valence-corrected chi connectivity index (χ4v) is 2.28. The van der Waals surface area contributed by atoms with Crippen LogP contribution in [0.25, 0.3) is 0 Å². The number of nitrogens with one attached hydrogen (secondary N) is 1. The van der Waals surface area contributed by atoms with E-state index in [1.807, 2.05) is 20.8 Å². The van der Waals surface area contributed by atoms with Gasteiger partial charge in [-0.3, -0.25) is 4.79 Å². The van der Waals surface area contributed by atoms with E-state index in [9.17, 15) is 14.7 Å². The van der Waals surface area contributed by atoms with Crippen molar-refractivity contribution in [3.05, 3.63) is 33.8 Å². The van der Waals surface area contributed by atoms with E-state index >= 15 is 0 Å². The van der Waals surface area contributed by atoms with Crippen LogP contribution < -0.4 is 5.32 Å². The minimum Gasteiger partial charge on any atom is -0.480 e. The van der Waals surface area contributed by atoms with Crippen molar-refractivity contribution in [3.63, 3.8) is 0 Å². The van der Waals surface area contributed by atoms with Crippen molar-refractivity contribution in [1.29, 1.82) is 0 Å². The number of carboxylic acids is 1. The summed E-state index contributed by atoms with van der Waals surface area (Å²) in [5.74, 6) is -2.04. The summed E-state index contributed by atoms with van der Waals surface area (Å²) >= 11 is 11.8. The lowest BCUT2D eigenvalue weighted by atomic mass is 10.00. The molecule has 134 valence electrons. The molecule has 0 aliphatic heterocycles. The molecule has 2 atom stereocenters. The quantitative estimate of drug-likeness (QED) is 0.758. The van der Waals surface area contributed by atoms with Crippen molar-refractivity contribution in [1.82, 2.24) is 5.32 Å². The Morgan fingerprint density at radius 1 is 1.25 bits per heavy atom. The number of carbonyl (C=O) groups excluding carboxylic acids is 1. The highest BCUT2D eigenvalue weighted by Gasteiger charge is 2.24. The Balaban J connectivity index is 2.70. The van der Waals surface area contributed by atoms with E-state index in [1.165, 1.54) is 0 Å². The third-order valence-electron chi connectivity index (χ3n) is 3.39. The molecule has 7 heteroatoms. The number of ether oxygens (including phenoxy) is 1. The highest BCUT2D eigenvalue weighted by Crippen LogP contribution is 2.26. The number of benzene rings is 1. The molecule has 0 bridgehead atoms. The molecule has 1 amide bonds. The molecule has 0 radical (unpaired) electrons. The van der Waals surface area contributed by atoms with E-state index in [1.54, 1.807) is 25.1 Å². The summed E-state index contributed by atoms with van der Waals surface area (Å²) < 4.78 is 5.52.